The molecule has 21 heavy (non-hydrogen) atoms. The van der Waals surface area contributed by atoms with Gasteiger partial charge in [0.05, 0.1) is 10.6 Å². The van der Waals surface area contributed by atoms with Crippen molar-refractivity contribution in [2.45, 2.75) is 19.3 Å². The van der Waals surface area contributed by atoms with Crippen LogP contribution in [0.1, 0.15) is 16.7 Å². The van der Waals surface area contributed by atoms with Gasteiger partial charge >= 0.3 is 6.18 Å². The third kappa shape index (κ3) is 4.19. The molecule has 1 N–H and O–H groups in total. The summed E-state index contributed by atoms with van der Waals surface area (Å²) in [6.07, 6.45) is -4.36. The number of benzene rings is 2. The van der Waals surface area contributed by atoms with Crippen LogP contribution in [0.15, 0.2) is 42.5 Å². The van der Waals surface area contributed by atoms with E-state index in [2.05, 4.69) is 5.32 Å². The molecule has 0 saturated carbocycles. The SMILES string of the molecule is Fc1cccc(CNCc2cccc(C(F)(F)F)c2)c1Cl. The fourth-order valence-electron chi connectivity index (χ4n) is 1.88. The molecule has 6 heteroatoms. The predicted molar refractivity (Wildman–Crippen MR) is 73.4 cm³/mol. The van der Waals surface area contributed by atoms with Crippen LogP contribution in [0.3, 0.4) is 0 Å². The topological polar surface area (TPSA) is 12.0 Å². The normalized spacial score (nSPS) is 11.7. The van der Waals surface area contributed by atoms with Crippen LogP contribution in [0.4, 0.5) is 17.6 Å². The van der Waals surface area contributed by atoms with Crippen molar-refractivity contribution in [3.05, 3.63) is 70.0 Å². The van der Waals surface area contributed by atoms with Crippen molar-refractivity contribution in [2.75, 3.05) is 0 Å². The Hall–Kier alpha value is -1.59. The standard InChI is InChI=1S/C15H12ClF4N/c16-14-11(4-2-6-13(14)17)9-21-8-10-3-1-5-12(7-10)15(18,19)20/h1-7,21H,8-9H2. The van der Waals surface area contributed by atoms with Gasteiger partial charge in [0.25, 0.3) is 0 Å². The molecule has 0 saturated heterocycles. The van der Waals surface area contributed by atoms with Gasteiger partial charge in [-0.1, -0.05) is 41.9 Å². The maximum absolute atomic E-state index is 13.2. The van der Waals surface area contributed by atoms with E-state index in [0.29, 0.717) is 11.1 Å². The smallest absolute Gasteiger partial charge is 0.309 e. The van der Waals surface area contributed by atoms with Gasteiger partial charge in [-0.3, -0.25) is 0 Å². The fraction of sp³-hybridized carbons (Fsp3) is 0.200. The lowest BCUT2D eigenvalue weighted by Crippen LogP contribution is -2.14. The average molecular weight is 318 g/mol. The molecule has 0 amide bonds. The maximum atomic E-state index is 13.2. The monoisotopic (exact) mass is 317 g/mol. The molecule has 0 atom stereocenters. The molecule has 0 aromatic heterocycles. The molecule has 2 rings (SSSR count). The van der Waals surface area contributed by atoms with Gasteiger partial charge in [-0.15, -0.1) is 0 Å². The average Bonchev–Trinajstić information content (AvgIpc) is 2.43. The fourth-order valence-corrected chi connectivity index (χ4v) is 2.08. The lowest BCUT2D eigenvalue weighted by atomic mass is 10.1. The zero-order valence-corrected chi connectivity index (χ0v) is 11.6. The molecule has 0 aliphatic rings. The van der Waals surface area contributed by atoms with Crippen molar-refractivity contribution in [3.63, 3.8) is 0 Å². The molecule has 0 radical (unpaired) electrons. The number of nitrogens with one attached hydrogen (secondary N) is 1. The van der Waals surface area contributed by atoms with Gasteiger partial charge in [0.1, 0.15) is 5.82 Å². The van der Waals surface area contributed by atoms with Crippen molar-refractivity contribution in [2.24, 2.45) is 0 Å². The van der Waals surface area contributed by atoms with Crippen molar-refractivity contribution in [3.8, 4) is 0 Å². The molecule has 0 bridgehead atoms. The van der Waals surface area contributed by atoms with Crippen LogP contribution in [0.2, 0.25) is 5.02 Å². The van der Waals surface area contributed by atoms with Gasteiger partial charge in [0.2, 0.25) is 0 Å². The summed E-state index contributed by atoms with van der Waals surface area (Å²) in [6, 6.07) is 9.49. The number of alkyl halides is 3. The van der Waals surface area contributed by atoms with E-state index in [1.807, 2.05) is 0 Å². The summed E-state index contributed by atoms with van der Waals surface area (Å²) in [5.74, 6) is -0.518. The molecule has 0 aliphatic heterocycles. The van der Waals surface area contributed by atoms with E-state index in [9.17, 15) is 17.6 Å². The number of rotatable bonds is 4. The zero-order chi connectivity index (χ0) is 15.5. The Morgan fingerprint density at radius 2 is 1.71 bits per heavy atom. The molecule has 0 spiro atoms. The molecule has 0 unspecified atom stereocenters. The Balaban J connectivity index is 1.99. The second kappa shape index (κ2) is 6.45. The van der Waals surface area contributed by atoms with E-state index in [-0.39, 0.29) is 18.1 Å². The lowest BCUT2D eigenvalue weighted by Gasteiger charge is -2.10. The van der Waals surface area contributed by atoms with Gasteiger partial charge in [0, 0.05) is 13.1 Å². The first-order chi connectivity index (χ1) is 9.88. The van der Waals surface area contributed by atoms with Gasteiger partial charge < -0.3 is 5.32 Å². The van der Waals surface area contributed by atoms with E-state index in [1.165, 1.54) is 18.2 Å². The molecule has 0 aliphatic carbocycles. The molecule has 2 aromatic carbocycles. The van der Waals surface area contributed by atoms with Gasteiger partial charge in [-0.05, 0) is 23.3 Å². The largest absolute Gasteiger partial charge is 0.416 e. The van der Waals surface area contributed by atoms with Crippen LogP contribution in [-0.4, -0.2) is 0 Å². The lowest BCUT2D eigenvalue weighted by molar-refractivity contribution is -0.137. The number of hydrogen-bond donors (Lipinski definition) is 1. The van der Waals surface area contributed by atoms with E-state index >= 15 is 0 Å². The Bertz CT molecular complexity index is 625. The van der Waals surface area contributed by atoms with Gasteiger partial charge in [0.15, 0.2) is 0 Å². The van der Waals surface area contributed by atoms with Crippen LogP contribution in [0, 0.1) is 5.82 Å². The quantitative estimate of drug-likeness (QED) is 0.800. The van der Waals surface area contributed by atoms with Crippen molar-refractivity contribution >= 4 is 11.6 Å². The first-order valence-corrected chi connectivity index (χ1v) is 6.55. The van der Waals surface area contributed by atoms with E-state index in [0.717, 1.165) is 12.1 Å². The summed E-state index contributed by atoms with van der Waals surface area (Å²) in [4.78, 5) is 0. The first-order valence-electron chi connectivity index (χ1n) is 6.17. The summed E-state index contributed by atoms with van der Waals surface area (Å²) < 4.78 is 50.9. The minimum absolute atomic E-state index is 0.0223. The molecule has 2 aromatic rings. The van der Waals surface area contributed by atoms with Gasteiger partial charge in [-0.2, -0.15) is 13.2 Å². The summed E-state index contributed by atoms with van der Waals surface area (Å²) in [6.45, 7) is 0.504. The molecular weight excluding hydrogens is 306 g/mol. The summed E-state index contributed by atoms with van der Waals surface area (Å²) in [5, 5.41) is 2.97. The Morgan fingerprint density at radius 1 is 1.00 bits per heavy atom. The van der Waals surface area contributed by atoms with E-state index in [1.54, 1.807) is 12.1 Å². The summed E-state index contributed by atoms with van der Waals surface area (Å²) >= 11 is 5.80. The minimum atomic E-state index is -4.36. The van der Waals surface area contributed by atoms with Crippen molar-refractivity contribution in [1.82, 2.24) is 5.32 Å². The Labute approximate surface area is 124 Å². The molecule has 0 fully saturated rings. The van der Waals surface area contributed by atoms with Crippen LogP contribution in [0.25, 0.3) is 0 Å². The van der Waals surface area contributed by atoms with Crippen molar-refractivity contribution in [1.29, 1.82) is 0 Å². The number of halogens is 5. The minimum Gasteiger partial charge on any atom is -0.309 e. The Morgan fingerprint density at radius 3 is 2.43 bits per heavy atom. The third-order valence-corrected chi connectivity index (χ3v) is 3.35. The van der Waals surface area contributed by atoms with Crippen LogP contribution < -0.4 is 5.32 Å². The second-order valence-electron chi connectivity index (χ2n) is 4.51. The molecule has 0 heterocycles. The Kier molecular flexibility index (Phi) is 4.85. The first kappa shape index (κ1) is 15.8. The van der Waals surface area contributed by atoms with Crippen LogP contribution in [0.5, 0.6) is 0 Å². The second-order valence-corrected chi connectivity index (χ2v) is 4.89. The predicted octanol–water partition coefficient (Wildman–Crippen LogP) is 4.79. The maximum Gasteiger partial charge on any atom is 0.416 e. The highest BCUT2D eigenvalue weighted by atomic mass is 35.5. The molecule has 112 valence electrons. The molecular formula is C15H12ClF4N. The van der Waals surface area contributed by atoms with Crippen LogP contribution in [-0.2, 0) is 19.3 Å². The molecule has 1 nitrogen and oxygen atoms in total. The summed E-state index contributed by atoms with van der Waals surface area (Å²) in [7, 11) is 0. The zero-order valence-electron chi connectivity index (χ0n) is 10.8. The number of hydrogen-bond acceptors (Lipinski definition) is 1. The third-order valence-electron chi connectivity index (χ3n) is 2.93. The highest BCUT2D eigenvalue weighted by Crippen LogP contribution is 2.29. The highest BCUT2D eigenvalue weighted by Gasteiger charge is 2.30. The highest BCUT2D eigenvalue weighted by molar-refractivity contribution is 6.31. The van der Waals surface area contributed by atoms with E-state index in [4.69, 9.17) is 11.6 Å². The van der Waals surface area contributed by atoms with E-state index < -0.39 is 17.6 Å². The summed E-state index contributed by atoms with van der Waals surface area (Å²) in [5.41, 5.74) is 0.367. The van der Waals surface area contributed by atoms with Crippen molar-refractivity contribution < 1.29 is 17.6 Å². The van der Waals surface area contributed by atoms with Gasteiger partial charge in [-0.25, -0.2) is 4.39 Å². The van der Waals surface area contributed by atoms with Crippen LogP contribution >= 0.6 is 11.6 Å².